The number of hydrogen-bond donors (Lipinski definition) is 5. The molecule has 7 nitrogen and oxygen atoms in total. The third-order valence-electron chi connectivity index (χ3n) is 3.07. The van der Waals surface area contributed by atoms with E-state index in [1.165, 1.54) is 0 Å². The average Bonchev–Trinajstić information content (AvgIpc) is 2.53. The number of aliphatic hydroxyl groups is 1. The average molecular weight is 322 g/mol. The molecule has 0 aromatic heterocycles. The lowest BCUT2D eigenvalue weighted by Crippen LogP contribution is -2.45. The zero-order valence-corrected chi connectivity index (χ0v) is 12.9. The molecule has 5 N–H and O–H groups in total. The molecule has 22 heavy (non-hydrogen) atoms. The van der Waals surface area contributed by atoms with Crippen molar-refractivity contribution < 1.29 is 14.6 Å². The van der Waals surface area contributed by atoms with E-state index in [2.05, 4.69) is 21.5 Å². The largest absolute Gasteiger partial charge is 0.497 e. The van der Waals surface area contributed by atoms with Crippen LogP contribution in [0.25, 0.3) is 0 Å². The van der Waals surface area contributed by atoms with Gasteiger partial charge in [0, 0.05) is 18.3 Å². The second-order valence-electron chi connectivity index (χ2n) is 4.62. The summed E-state index contributed by atoms with van der Waals surface area (Å²) >= 11 is 5.09. The Morgan fingerprint density at radius 2 is 2.23 bits per heavy atom. The van der Waals surface area contributed by atoms with Crippen molar-refractivity contribution in [2.45, 2.75) is 12.8 Å². The van der Waals surface area contributed by atoms with E-state index in [1.807, 2.05) is 18.2 Å². The molecule has 1 aliphatic rings. The summed E-state index contributed by atoms with van der Waals surface area (Å²) < 4.78 is 5.11. The Morgan fingerprint density at radius 3 is 2.95 bits per heavy atom. The van der Waals surface area contributed by atoms with Gasteiger partial charge in [0.05, 0.1) is 12.7 Å². The molecule has 1 amide bonds. The standard InChI is InChI=1S/C14H18N4O3S/c1-21-10-5-2-4-9(8-10)16-14(22)18-17-13(20)11-6-3-7-15-12(11)19/h2,4-5,8,15,19H,3,6-7H2,1H3,(H,17,20)(H2,16,18,22). The highest BCUT2D eigenvalue weighted by molar-refractivity contribution is 7.80. The summed E-state index contributed by atoms with van der Waals surface area (Å²) in [5.41, 5.74) is 6.08. The van der Waals surface area contributed by atoms with E-state index in [0.29, 0.717) is 24.3 Å². The van der Waals surface area contributed by atoms with Gasteiger partial charge in [-0.05, 0) is 37.2 Å². The maximum atomic E-state index is 11.9. The Balaban J connectivity index is 1.86. The van der Waals surface area contributed by atoms with Crippen molar-refractivity contribution in [2.75, 3.05) is 19.0 Å². The number of ether oxygens (including phenoxy) is 1. The van der Waals surface area contributed by atoms with Gasteiger partial charge >= 0.3 is 0 Å². The van der Waals surface area contributed by atoms with E-state index in [1.54, 1.807) is 13.2 Å². The van der Waals surface area contributed by atoms with Crippen molar-refractivity contribution >= 4 is 28.9 Å². The van der Waals surface area contributed by atoms with Gasteiger partial charge in [0.1, 0.15) is 5.75 Å². The van der Waals surface area contributed by atoms with E-state index in [-0.39, 0.29) is 11.0 Å². The number of carbonyl (C=O) groups is 1. The molecule has 1 aromatic rings. The van der Waals surface area contributed by atoms with E-state index < -0.39 is 5.91 Å². The first-order chi connectivity index (χ1) is 10.6. The highest BCUT2D eigenvalue weighted by atomic mass is 32.1. The molecular formula is C14H18N4O3S. The van der Waals surface area contributed by atoms with E-state index in [0.717, 1.165) is 12.1 Å². The van der Waals surface area contributed by atoms with Crippen LogP contribution in [0.5, 0.6) is 5.75 Å². The monoisotopic (exact) mass is 322 g/mol. The van der Waals surface area contributed by atoms with Crippen molar-refractivity contribution in [2.24, 2.45) is 0 Å². The number of nitrogens with one attached hydrogen (secondary N) is 4. The van der Waals surface area contributed by atoms with Crippen LogP contribution in [0.2, 0.25) is 0 Å². The molecule has 1 heterocycles. The highest BCUT2D eigenvalue weighted by Crippen LogP contribution is 2.16. The number of aliphatic hydroxyl groups excluding tert-OH is 1. The lowest BCUT2D eigenvalue weighted by atomic mass is 10.1. The predicted molar refractivity (Wildman–Crippen MR) is 87.4 cm³/mol. The SMILES string of the molecule is COc1cccc(NC(=S)NNC(=O)C2=C(O)NCCC2)c1. The molecule has 0 atom stereocenters. The van der Waals surface area contributed by atoms with Crippen molar-refractivity contribution in [1.82, 2.24) is 16.2 Å². The summed E-state index contributed by atoms with van der Waals surface area (Å²) in [5.74, 6) is 0.192. The second kappa shape index (κ2) is 7.51. The van der Waals surface area contributed by atoms with Crippen molar-refractivity contribution in [3.8, 4) is 5.75 Å². The third kappa shape index (κ3) is 4.26. The second-order valence-corrected chi connectivity index (χ2v) is 5.03. The Labute approximate surface area is 133 Å². The first-order valence-corrected chi connectivity index (χ1v) is 7.18. The summed E-state index contributed by atoms with van der Waals surface area (Å²) in [6.07, 6.45) is 1.31. The molecule has 1 aromatic carbocycles. The molecule has 0 fully saturated rings. The fourth-order valence-electron chi connectivity index (χ4n) is 1.97. The van der Waals surface area contributed by atoms with E-state index in [4.69, 9.17) is 17.0 Å². The van der Waals surface area contributed by atoms with Gasteiger partial charge in [-0.25, -0.2) is 0 Å². The Morgan fingerprint density at radius 1 is 1.41 bits per heavy atom. The maximum Gasteiger partial charge on any atom is 0.270 e. The van der Waals surface area contributed by atoms with Crippen molar-refractivity contribution in [3.05, 3.63) is 35.7 Å². The molecule has 0 saturated heterocycles. The Hall–Kier alpha value is -2.48. The summed E-state index contributed by atoms with van der Waals surface area (Å²) in [5, 5.41) is 15.5. The van der Waals surface area contributed by atoms with Crippen LogP contribution >= 0.6 is 12.2 Å². The fraction of sp³-hybridized carbons (Fsp3) is 0.286. The smallest absolute Gasteiger partial charge is 0.270 e. The van der Waals surface area contributed by atoms with Crippen LogP contribution in [-0.4, -0.2) is 29.8 Å². The number of methoxy groups -OCH3 is 1. The van der Waals surface area contributed by atoms with Crippen LogP contribution in [0.1, 0.15) is 12.8 Å². The summed E-state index contributed by atoms with van der Waals surface area (Å²) in [4.78, 5) is 11.9. The first-order valence-electron chi connectivity index (χ1n) is 6.77. The summed E-state index contributed by atoms with van der Waals surface area (Å²) in [6, 6.07) is 7.22. The van der Waals surface area contributed by atoms with Gasteiger partial charge in [-0.1, -0.05) is 6.07 Å². The minimum absolute atomic E-state index is 0.0859. The Bertz CT molecular complexity index is 604. The molecule has 118 valence electrons. The molecule has 0 radical (unpaired) electrons. The van der Waals surface area contributed by atoms with Crippen LogP contribution in [0.15, 0.2) is 35.7 Å². The van der Waals surface area contributed by atoms with Gasteiger partial charge in [-0.3, -0.25) is 15.6 Å². The number of hydrogen-bond acceptors (Lipinski definition) is 5. The topological polar surface area (TPSA) is 94.7 Å². The van der Waals surface area contributed by atoms with E-state index in [9.17, 15) is 9.90 Å². The van der Waals surface area contributed by atoms with Crippen molar-refractivity contribution in [1.29, 1.82) is 0 Å². The molecule has 0 bridgehead atoms. The Kier molecular flexibility index (Phi) is 5.42. The van der Waals surface area contributed by atoms with Gasteiger partial charge < -0.3 is 20.5 Å². The van der Waals surface area contributed by atoms with Crippen LogP contribution in [0.4, 0.5) is 5.69 Å². The lowest BCUT2D eigenvalue weighted by Gasteiger charge is -2.18. The number of thiocarbonyl (C=S) groups is 1. The van der Waals surface area contributed by atoms with Gasteiger partial charge in [0.2, 0.25) is 0 Å². The third-order valence-corrected chi connectivity index (χ3v) is 3.28. The van der Waals surface area contributed by atoms with Crippen LogP contribution < -0.4 is 26.2 Å². The minimum atomic E-state index is -0.417. The lowest BCUT2D eigenvalue weighted by molar-refractivity contribution is -0.118. The normalized spacial score (nSPS) is 13.9. The number of anilines is 1. The molecule has 1 aliphatic heterocycles. The minimum Gasteiger partial charge on any atom is -0.497 e. The predicted octanol–water partition coefficient (Wildman–Crippen LogP) is 1.17. The molecule has 0 aliphatic carbocycles. The number of amides is 1. The molecular weight excluding hydrogens is 304 g/mol. The summed E-state index contributed by atoms with van der Waals surface area (Å²) in [6.45, 7) is 0.659. The maximum absolute atomic E-state index is 11.9. The van der Waals surface area contributed by atoms with Gasteiger partial charge in [-0.15, -0.1) is 0 Å². The number of hydrazine groups is 1. The zero-order valence-electron chi connectivity index (χ0n) is 12.1. The van der Waals surface area contributed by atoms with Crippen molar-refractivity contribution in [3.63, 3.8) is 0 Å². The van der Waals surface area contributed by atoms with Gasteiger partial charge in [0.15, 0.2) is 11.0 Å². The van der Waals surface area contributed by atoms with Crippen LogP contribution in [0.3, 0.4) is 0 Å². The molecule has 8 heteroatoms. The van der Waals surface area contributed by atoms with Gasteiger partial charge in [0.25, 0.3) is 5.91 Å². The highest BCUT2D eigenvalue weighted by Gasteiger charge is 2.18. The van der Waals surface area contributed by atoms with E-state index >= 15 is 0 Å². The molecule has 0 saturated carbocycles. The molecule has 2 rings (SSSR count). The van der Waals surface area contributed by atoms with Crippen LogP contribution in [0, 0.1) is 0 Å². The number of rotatable bonds is 3. The quantitative estimate of drug-likeness (QED) is 0.421. The fourth-order valence-corrected chi connectivity index (χ4v) is 2.14. The number of carbonyl (C=O) groups excluding carboxylic acids is 1. The zero-order chi connectivity index (χ0) is 15.9. The molecule has 0 unspecified atom stereocenters. The number of benzene rings is 1. The molecule has 0 spiro atoms. The van der Waals surface area contributed by atoms with Gasteiger partial charge in [-0.2, -0.15) is 0 Å². The summed E-state index contributed by atoms with van der Waals surface area (Å²) in [7, 11) is 1.58. The first kappa shape index (κ1) is 15.9. The van der Waals surface area contributed by atoms with Crippen LogP contribution in [-0.2, 0) is 4.79 Å².